The number of phenols is 1. The molecule has 1 amide bonds. The number of ether oxygens (including phenoxy) is 1. The number of hydrogen-bond acceptors (Lipinski definition) is 7. The average molecular weight is 509 g/mol. The topological polar surface area (TPSA) is 100.0 Å². The Morgan fingerprint density at radius 2 is 1.73 bits per heavy atom. The van der Waals surface area contributed by atoms with Crippen LogP contribution in [0.2, 0.25) is 0 Å². The molecule has 0 saturated carbocycles. The molecular formula is C29H20N2O5S. The van der Waals surface area contributed by atoms with Crippen LogP contribution in [0.4, 0.5) is 5.13 Å². The van der Waals surface area contributed by atoms with Crippen molar-refractivity contribution in [2.45, 2.75) is 6.04 Å². The van der Waals surface area contributed by atoms with Gasteiger partial charge in [0.15, 0.2) is 5.13 Å². The van der Waals surface area contributed by atoms with Crippen LogP contribution in [0, 0.1) is 0 Å². The zero-order chi connectivity index (χ0) is 25.7. The molecule has 37 heavy (non-hydrogen) atoms. The molecule has 2 N–H and O–H groups in total. The van der Waals surface area contributed by atoms with Crippen LogP contribution in [-0.4, -0.2) is 34.0 Å². The first-order valence-electron chi connectivity index (χ1n) is 11.5. The molecule has 1 saturated heterocycles. The zero-order valence-corrected chi connectivity index (χ0v) is 20.4. The Kier molecular flexibility index (Phi) is 5.39. The summed E-state index contributed by atoms with van der Waals surface area (Å²) >= 11 is 1.25. The first kappa shape index (κ1) is 22.8. The number of amides is 1. The number of ketones is 1. The zero-order valence-electron chi connectivity index (χ0n) is 19.6. The van der Waals surface area contributed by atoms with E-state index in [0.717, 1.165) is 15.5 Å². The number of carbonyl (C=O) groups is 2. The van der Waals surface area contributed by atoms with Crippen LogP contribution in [-0.2, 0) is 9.59 Å². The average Bonchev–Trinajstić information content (AvgIpc) is 3.46. The molecule has 1 atom stereocenters. The number of hydrogen-bond donors (Lipinski definition) is 2. The highest BCUT2D eigenvalue weighted by Gasteiger charge is 2.48. The van der Waals surface area contributed by atoms with E-state index in [9.17, 15) is 19.8 Å². The fourth-order valence-electron chi connectivity index (χ4n) is 4.70. The maximum atomic E-state index is 13.5. The second kappa shape index (κ2) is 8.76. The van der Waals surface area contributed by atoms with Crippen molar-refractivity contribution in [3.05, 3.63) is 102 Å². The molecule has 1 unspecified atom stereocenters. The highest BCUT2D eigenvalue weighted by atomic mass is 32.1. The number of Topliss-reactive ketones (excluding diaryl/α,β-unsaturated/α-hetero) is 1. The lowest BCUT2D eigenvalue weighted by molar-refractivity contribution is -0.132. The molecule has 1 aliphatic rings. The maximum absolute atomic E-state index is 13.5. The fourth-order valence-corrected chi connectivity index (χ4v) is 5.72. The lowest BCUT2D eigenvalue weighted by Gasteiger charge is -2.23. The van der Waals surface area contributed by atoms with E-state index in [4.69, 9.17) is 4.74 Å². The van der Waals surface area contributed by atoms with Gasteiger partial charge in [0.2, 0.25) is 0 Å². The van der Waals surface area contributed by atoms with Crippen molar-refractivity contribution in [1.29, 1.82) is 0 Å². The fraction of sp³-hybridized carbons (Fsp3) is 0.0690. The van der Waals surface area contributed by atoms with Crippen LogP contribution < -0.4 is 9.64 Å². The number of thiazole rings is 1. The normalized spacial score (nSPS) is 17.1. The number of methoxy groups -OCH3 is 1. The van der Waals surface area contributed by atoms with Gasteiger partial charge in [-0.05, 0) is 46.7 Å². The molecule has 6 rings (SSSR count). The van der Waals surface area contributed by atoms with Crippen molar-refractivity contribution in [2.24, 2.45) is 0 Å². The van der Waals surface area contributed by atoms with Crippen molar-refractivity contribution < 1.29 is 24.5 Å². The number of phenolic OH excluding ortho intramolecular Hbond substituents is 1. The van der Waals surface area contributed by atoms with Crippen LogP contribution in [0.5, 0.6) is 11.5 Å². The second-order valence-corrected chi connectivity index (χ2v) is 9.63. The molecule has 2 heterocycles. The van der Waals surface area contributed by atoms with Gasteiger partial charge in [-0.3, -0.25) is 14.5 Å². The minimum absolute atomic E-state index is 0.0381. The van der Waals surface area contributed by atoms with E-state index in [1.54, 1.807) is 43.5 Å². The smallest absolute Gasteiger partial charge is 0.301 e. The molecule has 1 aliphatic heterocycles. The van der Waals surface area contributed by atoms with Crippen molar-refractivity contribution >= 4 is 54.9 Å². The van der Waals surface area contributed by atoms with Crippen LogP contribution >= 0.6 is 11.3 Å². The minimum Gasteiger partial charge on any atom is -0.508 e. The van der Waals surface area contributed by atoms with Gasteiger partial charge in [-0.25, -0.2) is 4.98 Å². The summed E-state index contributed by atoms with van der Waals surface area (Å²) in [5.74, 6) is -1.16. The summed E-state index contributed by atoms with van der Waals surface area (Å²) in [5, 5.41) is 23.4. The number of fused-ring (bicyclic) bond motifs is 2. The Morgan fingerprint density at radius 3 is 2.51 bits per heavy atom. The number of aliphatic hydroxyl groups is 1. The van der Waals surface area contributed by atoms with Gasteiger partial charge in [0, 0.05) is 5.56 Å². The van der Waals surface area contributed by atoms with Gasteiger partial charge < -0.3 is 14.9 Å². The Hall–Kier alpha value is -4.69. The monoisotopic (exact) mass is 508 g/mol. The number of aromatic nitrogens is 1. The molecule has 7 nitrogen and oxygen atoms in total. The third kappa shape index (κ3) is 3.70. The summed E-state index contributed by atoms with van der Waals surface area (Å²) in [6.45, 7) is 0. The van der Waals surface area contributed by atoms with Crippen molar-refractivity contribution in [2.75, 3.05) is 12.0 Å². The van der Waals surface area contributed by atoms with Crippen LogP contribution in [0.25, 0.3) is 26.7 Å². The second-order valence-electron chi connectivity index (χ2n) is 8.62. The Bertz CT molecular complexity index is 1730. The Labute approximate surface area is 215 Å². The van der Waals surface area contributed by atoms with E-state index < -0.39 is 17.7 Å². The molecule has 1 fully saturated rings. The SMILES string of the molecule is COc1ccc2nc(N3C(=O)C(=O)/C(=C(/O)c4cccc5ccccc45)C3c3ccc(O)cc3)sc2c1. The van der Waals surface area contributed by atoms with Crippen molar-refractivity contribution in [3.63, 3.8) is 0 Å². The third-order valence-corrected chi connectivity index (χ3v) is 7.51. The van der Waals surface area contributed by atoms with Gasteiger partial charge >= 0.3 is 5.91 Å². The number of carbonyl (C=O) groups excluding carboxylic acids is 2. The number of aliphatic hydroxyl groups excluding tert-OH is 1. The highest BCUT2D eigenvalue weighted by Crippen LogP contribution is 2.45. The molecule has 1 aromatic heterocycles. The number of anilines is 1. The molecule has 0 bridgehead atoms. The van der Waals surface area contributed by atoms with E-state index >= 15 is 0 Å². The quantitative estimate of drug-likeness (QED) is 0.181. The standard InChI is InChI=1S/C29H20N2O5S/c1-36-19-13-14-22-23(15-19)37-29(30-22)31-25(17-9-11-18(32)12-10-17)24(27(34)28(31)35)26(33)21-8-4-6-16-5-2-3-7-20(16)21/h2-15,25,32-33H,1H3/b26-24+. The summed E-state index contributed by atoms with van der Waals surface area (Å²) in [5.41, 5.74) is 1.62. The first-order valence-corrected chi connectivity index (χ1v) is 12.3. The first-order chi connectivity index (χ1) is 18.0. The van der Waals surface area contributed by atoms with E-state index in [-0.39, 0.29) is 17.1 Å². The van der Waals surface area contributed by atoms with E-state index in [1.807, 2.05) is 36.4 Å². The lowest BCUT2D eigenvalue weighted by atomic mass is 9.93. The lowest BCUT2D eigenvalue weighted by Crippen LogP contribution is -2.29. The van der Waals surface area contributed by atoms with Crippen LogP contribution in [0.15, 0.2) is 90.5 Å². The summed E-state index contributed by atoms with van der Waals surface area (Å²) in [6, 6.07) is 23.6. The summed E-state index contributed by atoms with van der Waals surface area (Å²) < 4.78 is 6.10. The van der Waals surface area contributed by atoms with Gasteiger partial charge in [-0.1, -0.05) is 65.9 Å². The Balaban J connectivity index is 1.59. The predicted octanol–water partition coefficient (Wildman–Crippen LogP) is 5.79. The van der Waals surface area contributed by atoms with Gasteiger partial charge in [0.25, 0.3) is 5.78 Å². The summed E-state index contributed by atoms with van der Waals surface area (Å²) in [7, 11) is 1.57. The molecule has 182 valence electrons. The minimum atomic E-state index is -0.943. The Morgan fingerprint density at radius 1 is 0.973 bits per heavy atom. The predicted molar refractivity (Wildman–Crippen MR) is 143 cm³/mol. The molecule has 5 aromatic rings. The van der Waals surface area contributed by atoms with E-state index in [2.05, 4.69) is 4.98 Å². The summed E-state index contributed by atoms with van der Waals surface area (Å²) in [6.07, 6.45) is 0. The van der Waals surface area contributed by atoms with Crippen molar-refractivity contribution in [3.8, 4) is 11.5 Å². The third-order valence-electron chi connectivity index (χ3n) is 6.49. The number of benzene rings is 4. The molecule has 0 radical (unpaired) electrons. The number of rotatable bonds is 4. The summed E-state index contributed by atoms with van der Waals surface area (Å²) in [4.78, 5) is 32.9. The van der Waals surface area contributed by atoms with Crippen LogP contribution in [0.1, 0.15) is 17.2 Å². The molecular weight excluding hydrogens is 488 g/mol. The molecule has 8 heteroatoms. The van der Waals surface area contributed by atoms with E-state index in [0.29, 0.717) is 27.5 Å². The molecule has 4 aromatic carbocycles. The van der Waals surface area contributed by atoms with Gasteiger partial charge in [-0.2, -0.15) is 0 Å². The molecule has 0 aliphatic carbocycles. The van der Waals surface area contributed by atoms with Gasteiger partial charge in [0.1, 0.15) is 17.3 Å². The molecule has 0 spiro atoms. The largest absolute Gasteiger partial charge is 0.508 e. The van der Waals surface area contributed by atoms with E-state index in [1.165, 1.54) is 28.4 Å². The van der Waals surface area contributed by atoms with Crippen molar-refractivity contribution in [1.82, 2.24) is 4.98 Å². The van der Waals surface area contributed by atoms with Gasteiger partial charge in [0.05, 0.1) is 28.9 Å². The van der Waals surface area contributed by atoms with Crippen LogP contribution in [0.3, 0.4) is 0 Å². The maximum Gasteiger partial charge on any atom is 0.301 e. The van der Waals surface area contributed by atoms with Gasteiger partial charge in [-0.15, -0.1) is 0 Å². The number of nitrogens with zero attached hydrogens (tertiary/aromatic N) is 2. The number of aromatic hydroxyl groups is 1. The highest BCUT2D eigenvalue weighted by molar-refractivity contribution is 7.22.